The molecular formula is C12H8Cl2N2O4S. The van der Waals surface area contributed by atoms with Crippen molar-refractivity contribution >= 4 is 58.0 Å². The molecule has 0 unspecified atom stereocenters. The number of hydrogen-bond donors (Lipinski definition) is 2. The van der Waals surface area contributed by atoms with Gasteiger partial charge in [0.1, 0.15) is 5.75 Å². The molecule has 9 heteroatoms. The molecule has 1 heterocycles. The molecule has 0 bridgehead atoms. The molecule has 0 spiro atoms. The molecule has 1 aromatic heterocycles. The van der Waals surface area contributed by atoms with Crippen LogP contribution in [0.4, 0.5) is 0 Å². The van der Waals surface area contributed by atoms with Crippen LogP contribution in [0.5, 0.6) is 0 Å². The standard InChI is InChI=1S/C12H8Cl2N2O4S/c13-7-3-6-1-2-8(14)10(11(6)15-4-7)12(19)16-20-21-5-9(17)18/h1-4H,5H2,(H,16,19)(H,17,18). The summed E-state index contributed by atoms with van der Waals surface area (Å²) in [6.45, 7) is 0. The maximum atomic E-state index is 12.1. The summed E-state index contributed by atoms with van der Waals surface area (Å²) in [4.78, 5) is 26.5. The summed E-state index contributed by atoms with van der Waals surface area (Å²) < 4.78 is 4.71. The summed E-state index contributed by atoms with van der Waals surface area (Å²) in [6.07, 6.45) is 1.40. The average molecular weight is 347 g/mol. The van der Waals surface area contributed by atoms with E-state index in [2.05, 4.69) is 10.5 Å². The summed E-state index contributed by atoms with van der Waals surface area (Å²) in [5.41, 5.74) is 2.60. The van der Waals surface area contributed by atoms with Crippen LogP contribution in [-0.2, 0) is 9.08 Å². The Kier molecular flexibility index (Phi) is 5.24. The van der Waals surface area contributed by atoms with Crippen molar-refractivity contribution < 1.29 is 19.0 Å². The molecule has 2 N–H and O–H groups in total. The summed E-state index contributed by atoms with van der Waals surface area (Å²) in [5, 5.41) is 9.73. The molecular weight excluding hydrogens is 339 g/mol. The third kappa shape index (κ3) is 3.98. The number of carboxylic acid groups (broad SMARTS) is 1. The number of benzene rings is 1. The number of nitrogens with zero attached hydrogens (tertiary/aromatic N) is 1. The van der Waals surface area contributed by atoms with E-state index in [1.54, 1.807) is 18.2 Å². The number of halogens is 2. The lowest BCUT2D eigenvalue weighted by Crippen LogP contribution is -2.22. The van der Waals surface area contributed by atoms with Gasteiger partial charge in [0.05, 0.1) is 21.1 Å². The van der Waals surface area contributed by atoms with E-state index in [4.69, 9.17) is 32.6 Å². The van der Waals surface area contributed by atoms with Crippen molar-refractivity contribution in [1.82, 2.24) is 10.5 Å². The maximum Gasteiger partial charge on any atom is 0.315 e. The van der Waals surface area contributed by atoms with Crippen LogP contribution >= 0.6 is 35.2 Å². The Labute approximate surface area is 133 Å². The predicted molar refractivity (Wildman–Crippen MR) is 80.4 cm³/mol. The van der Waals surface area contributed by atoms with E-state index < -0.39 is 11.9 Å². The van der Waals surface area contributed by atoms with Gasteiger partial charge in [0, 0.05) is 23.6 Å². The highest BCUT2D eigenvalue weighted by atomic mass is 35.5. The number of nitrogens with one attached hydrogen (secondary N) is 1. The van der Waals surface area contributed by atoms with Crippen LogP contribution in [0, 0.1) is 0 Å². The van der Waals surface area contributed by atoms with Crippen molar-refractivity contribution in [2.75, 3.05) is 5.75 Å². The maximum absolute atomic E-state index is 12.1. The molecule has 0 saturated heterocycles. The average Bonchev–Trinajstić information content (AvgIpc) is 2.43. The van der Waals surface area contributed by atoms with E-state index >= 15 is 0 Å². The van der Waals surface area contributed by atoms with Gasteiger partial charge >= 0.3 is 5.97 Å². The second-order valence-electron chi connectivity index (χ2n) is 3.82. The topological polar surface area (TPSA) is 88.5 Å². The Morgan fingerprint density at radius 2 is 2.14 bits per heavy atom. The van der Waals surface area contributed by atoms with E-state index in [1.165, 1.54) is 6.20 Å². The van der Waals surface area contributed by atoms with Crippen LogP contribution in [0.15, 0.2) is 24.4 Å². The van der Waals surface area contributed by atoms with Gasteiger partial charge in [-0.05, 0) is 12.1 Å². The number of aliphatic carboxylic acids is 1. The molecule has 0 aliphatic heterocycles. The second-order valence-corrected chi connectivity index (χ2v) is 5.35. The molecule has 6 nitrogen and oxygen atoms in total. The number of rotatable bonds is 5. The number of amides is 1. The van der Waals surface area contributed by atoms with Crippen LogP contribution in [0.2, 0.25) is 10.0 Å². The van der Waals surface area contributed by atoms with Crippen LogP contribution in [0.3, 0.4) is 0 Å². The fraction of sp³-hybridized carbons (Fsp3) is 0.0833. The molecule has 2 aromatic rings. The van der Waals surface area contributed by atoms with Crippen LogP contribution < -0.4 is 5.48 Å². The van der Waals surface area contributed by atoms with Crippen LogP contribution in [-0.4, -0.2) is 27.7 Å². The Morgan fingerprint density at radius 3 is 2.86 bits per heavy atom. The zero-order valence-corrected chi connectivity index (χ0v) is 12.6. The minimum atomic E-state index is -1.06. The Morgan fingerprint density at radius 1 is 1.38 bits per heavy atom. The van der Waals surface area contributed by atoms with Gasteiger partial charge in [-0.15, -0.1) is 0 Å². The van der Waals surface area contributed by atoms with E-state index in [0.717, 1.165) is 0 Å². The van der Waals surface area contributed by atoms with Crippen molar-refractivity contribution in [1.29, 1.82) is 0 Å². The molecule has 0 atom stereocenters. The number of carbonyl (C=O) groups excluding carboxylic acids is 1. The minimum Gasteiger partial charge on any atom is -0.481 e. The second kappa shape index (κ2) is 6.95. The Balaban J connectivity index is 2.22. The normalized spacial score (nSPS) is 10.6. The third-order valence-electron chi connectivity index (χ3n) is 2.37. The molecule has 110 valence electrons. The van der Waals surface area contributed by atoms with Crippen molar-refractivity contribution in [2.24, 2.45) is 0 Å². The molecule has 0 fully saturated rings. The lowest BCUT2D eigenvalue weighted by Gasteiger charge is -2.08. The number of hydrogen-bond acceptors (Lipinski definition) is 5. The third-order valence-corrected chi connectivity index (χ3v) is 3.46. The van der Waals surface area contributed by atoms with E-state index in [1.807, 2.05) is 0 Å². The van der Waals surface area contributed by atoms with Gasteiger partial charge in [-0.1, -0.05) is 29.3 Å². The Bertz CT molecular complexity index is 711. The number of pyridine rings is 1. The van der Waals surface area contributed by atoms with Crippen molar-refractivity contribution in [3.63, 3.8) is 0 Å². The molecule has 21 heavy (non-hydrogen) atoms. The fourth-order valence-corrected chi connectivity index (χ4v) is 2.26. The van der Waals surface area contributed by atoms with Gasteiger partial charge in [-0.3, -0.25) is 14.6 Å². The van der Waals surface area contributed by atoms with Crippen molar-refractivity contribution in [3.8, 4) is 0 Å². The predicted octanol–water partition coefficient (Wildman–Crippen LogP) is 2.94. The van der Waals surface area contributed by atoms with Gasteiger partial charge in [0.15, 0.2) is 0 Å². The first-order valence-electron chi connectivity index (χ1n) is 5.53. The molecule has 0 aliphatic carbocycles. The molecule has 0 radical (unpaired) electrons. The summed E-state index contributed by atoms with van der Waals surface area (Å²) in [5.74, 6) is -2.00. The van der Waals surface area contributed by atoms with Gasteiger partial charge in [-0.25, -0.2) is 9.76 Å². The first-order chi connectivity index (χ1) is 9.99. The minimum absolute atomic E-state index is 0.127. The number of aromatic nitrogens is 1. The summed E-state index contributed by atoms with van der Waals surface area (Å²) in [6, 6.07) is 4.88. The highest BCUT2D eigenvalue weighted by Crippen LogP contribution is 2.26. The molecule has 1 amide bonds. The lowest BCUT2D eigenvalue weighted by molar-refractivity contribution is -0.134. The van der Waals surface area contributed by atoms with Gasteiger partial charge in [0.25, 0.3) is 5.91 Å². The van der Waals surface area contributed by atoms with Gasteiger partial charge < -0.3 is 5.11 Å². The van der Waals surface area contributed by atoms with Gasteiger partial charge in [0.2, 0.25) is 0 Å². The van der Waals surface area contributed by atoms with E-state index in [9.17, 15) is 9.59 Å². The first-order valence-corrected chi connectivity index (χ1v) is 7.20. The largest absolute Gasteiger partial charge is 0.481 e. The van der Waals surface area contributed by atoms with Crippen LogP contribution in [0.1, 0.15) is 10.4 Å². The highest BCUT2D eigenvalue weighted by molar-refractivity contribution is 7.95. The molecule has 0 aliphatic rings. The summed E-state index contributed by atoms with van der Waals surface area (Å²) in [7, 11) is 0. The molecule has 0 saturated carbocycles. The van der Waals surface area contributed by atoms with Crippen molar-refractivity contribution in [3.05, 3.63) is 40.0 Å². The van der Waals surface area contributed by atoms with E-state index in [0.29, 0.717) is 28.0 Å². The first kappa shape index (κ1) is 15.8. The number of carboxylic acids is 1. The quantitative estimate of drug-likeness (QED) is 0.491. The fourth-order valence-electron chi connectivity index (χ4n) is 1.56. The lowest BCUT2D eigenvalue weighted by atomic mass is 10.1. The van der Waals surface area contributed by atoms with Crippen LogP contribution in [0.25, 0.3) is 10.9 Å². The zero-order valence-electron chi connectivity index (χ0n) is 10.3. The number of carbonyl (C=O) groups is 2. The SMILES string of the molecule is O=C(O)CSONC(=O)c1c(Cl)ccc2cc(Cl)cnc12. The monoisotopic (exact) mass is 346 g/mol. The summed E-state index contributed by atoms with van der Waals surface area (Å²) >= 11 is 12.4. The van der Waals surface area contributed by atoms with Crippen molar-refractivity contribution in [2.45, 2.75) is 0 Å². The smallest absolute Gasteiger partial charge is 0.315 e. The van der Waals surface area contributed by atoms with Gasteiger partial charge in [-0.2, -0.15) is 0 Å². The Hall–Kier alpha value is -1.54. The highest BCUT2D eigenvalue weighted by Gasteiger charge is 2.16. The molecule has 1 aromatic carbocycles. The number of fused-ring (bicyclic) bond motifs is 1. The zero-order chi connectivity index (χ0) is 15.4. The number of hydroxylamine groups is 1. The van der Waals surface area contributed by atoms with E-state index in [-0.39, 0.29) is 16.3 Å². The molecule has 2 rings (SSSR count).